The smallest absolute Gasteiger partial charge is 0.255 e. The van der Waals surface area contributed by atoms with Gasteiger partial charge in [-0.05, 0) is 37.7 Å². The van der Waals surface area contributed by atoms with E-state index in [9.17, 15) is 23.9 Å². The van der Waals surface area contributed by atoms with E-state index in [1.165, 1.54) is 47.1 Å². The summed E-state index contributed by atoms with van der Waals surface area (Å²) < 4.78 is 16.1. The molecular weight excluding hydrogens is 509 g/mol. The Hall–Kier alpha value is -3.00. The molecule has 8 heteroatoms. The van der Waals surface area contributed by atoms with Crippen LogP contribution in [0.5, 0.6) is 0 Å². The van der Waals surface area contributed by atoms with Crippen molar-refractivity contribution in [3.8, 4) is 11.1 Å². The lowest BCUT2D eigenvalue weighted by Gasteiger charge is -2.53. The van der Waals surface area contributed by atoms with E-state index >= 15 is 0 Å². The fraction of sp³-hybridized carbons (Fsp3) is 0.594. The average Bonchev–Trinajstić information content (AvgIpc) is 3.38. The molecule has 2 heterocycles. The van der Waals surface area contributed by atoms with Gasteiger partial charge in [-0.2, -0.15) is 0 Å². The van der Waals surface area contributed by atoms with Crippen LogP contribution in [0.2, 0.25) is 0 Å². The van der Waals surface area contributed by atoms with Gasteiger partial charge in [-0.3, -0.25) is 14.4 Å². The van der Waals surface area contributed by atoms with Crippen LogP contribution in [0.4, 0.5) is 4.39 Å². The van der Waals surface area contributed by atoms with Gasteiger partial charge in [0.15, 0.2) is 0 Å². The number of piperidine rings is 1. The topological polar surface area (TPSA) is 82.8 Å². The Morgan fingerprint density at radius 3 is 2.42 bits per heavy atom. The summed E-state index contributed by atoms with van der Waals surface area (Å²) in [7, 11) is 3.23. The summed E-state index contributed by atoms with van der Waals surface area (Å²) in [5, 5.41) is 12.2. The number of aromatic nitrogens is 1. The predicted molar refractivity (Wildman–Crippen MR) is 152 cm³/mol. The number of benzene rings is 1. The number of hydrogen-bond donors (Lipinski definition) is 1. The molecule has 1 aliphatic heterocycles. The Bertz CT molecular complexity index is 1330. The first-order valence-electron chi connectivity index (χ1n) is 14.8. The number of nitrogens with zero attached hydrogens (tertiary/aromatic N) is 3. The lowest BCUT2D eigenvalue weighted by molar-refractivity contribution is -0.163. The van der Waals surface area contributed by atoms with Crippen LogP contribution in [0, 0.1) is 23.1 Å². The lowest BCUT2D eigenvalue weighted by Crippen LogP contribution is -2.62. The molecule has 1 N–H and O–H groups in total. The Morgan fingerprint density at radius 1 is 1.10 bits per heavy atom. The molecule has 0 bridgehead atoms. The normalized spacial score (nSPS) is 23.2. The van der Waals surface area contributed by atoms with Crippen LogP contribution in [0.25, 0.3) is 11.1 Å². The number of pyridine rings is 1. The van der Waals surface area contributed by atoms with Crippen molar-refractivity contribution < 1.29 is 19.1 Å². The van der Waals surface area contributed by atoms with E-state index in [1.807, 2.05) is 11.8 Å². The molecule has 1 aromatic carbocycles. The van der Waals surface area contributed by atoms with Crippen molar-refractivity contribution in [1.82, 2.24) is 14.4 Å². The van der Waals surface area contributed by atoms with E-state index in [4.69, 9.17) is 0 Å². The Kier molecular flexibility index (Phi) is 7.92. The molecule has 1 spiro atoms. The fourth-order valence-electron chi connectivity index (χ4n) is 7.22. The second-order valence-electron chi connectivity index (χ2n) is 12.7. The predicted octanol–water partition coefficient (Wildman–Crippen LogP) is 4.71. The Labute approximate surface area is 236 Å². The molecule has 3 fully saturated rings. The summed E-state index contributed by atoms with van der Waals surface area (Å²) in [6.07, 6.45) is 9.96. The van der Waals surface area contributed by atoms with Gasteiger partial charge in [0, 0.05) is 61.9 Å². The third kappa shape index (κ3) is 5.22. The molecule has 1 aromatic heterocycles. The van der Waals surface area contributed by atoms with Gasteiger partial charge in [-0.15, -0.1) is 0 Å². The molecule has 7 nitrogen and oxygen atoms in total. The first kappa shape index (κ1) is 28.5. The SMILES string of the molecule is CC(CC1CCC1)C(=O)N1CC[C@@](O)(Cn2cc(C(=O)N(C)C)c(-c3ccccc3F)cc2=O)C2(CCCC2)C1. The number of amides is 2. The molecule has 5 rings (SSSR count). The van der Waals surface area contributed by atoms with Crippen molar-refractivity contribution in [3.63, 3.8) is 0 Å². The monoisotopic (exact) mass is 551 g/mol. The van der Waals surface area contributed by atoms with Crippen molar-refractivity contribution in [2.75, 3.05) is 27.2 Å². The standard InChI is InChI=1S/C32H42FN3O4/c1-22(17-23-9-8-10-23)29(38)35-16-15-32(40,31(20-35)13-6-7-14-31)21-36-19-26(30(39)34(2)3)25(18-28(36)37)24-11-4-5-12-27(24)33/h4-5,11-12,18-19,22-23,40H,6-10,13-17,20-21H2,1-3H3/t22?,32-/m1/s1. The number of likely N-dealkylation sites (tertiary alicyclic amines) is 1. The minimum Gasteiger partial charge on any atom is -0.387 e. The second-order valence-corrected chi connectivity index (χ2v) is 12.7. The van der Waals surface area contributed by atoms with Crippen LogP contribution in [0.1, 0.15) is 75.1 Å². The highest BCUT2D eigenvalue weighted by atomic mass is 19.1. The number of aliphatic hydroxyl groups is 1. The molecule has 1 saturated heterocycles. The summed E-state index contributed by atoms with van der Waals surface area (Å²) in [4.78, 5) is 43.4. The van der Waals surface area contributed by atoms with E-state index in [2.05, 4.69) is 0 Å². The highest BCUT2D eigenvalue weighted by molar-refractivity contribution is 6.00. The van der Waals surface area contributed by atoms with Gasteiger partial charge >= 0.3 is 0 Å². The van der Waals surface area contributed by atoms with Crippen molar-refractivity contribution in [2.24, 2.45) is 17.3 Å². The number of hydrogen-bond acceptors (Lipinski definition) is 4. The van der Waals surface area contributed by atoms with E-state index in [0.717, 1.165) is 32.1 Å². The van der Waals surface area contributed by atoms with E-state index in [1.54, 1.807) is 32.3 Å². The molecule has 2 atom stereocenters. The summed E-state index contributed by atoms with van der Waals surface area (Å²) >= 11 is 0. The lowest BCUT2D eigenvalue weighted by atomic mass is 9.65. The van der Waals surface area contributed by atoms with Crippen LogP contribution in [-0.2, 0) is 11.3 Å². The largest absolute Gasteiger partial charge is 0.387 e. The first-order valence-corrected chi connectivity index (χ1v) is 14.8. The summed E-state index contributed by atoms with van der Waals surface area (Å²) in [5.41, 5.74) is -1.49. The van der Waals surface area contributed by atoms with Gasteiger partial charge in [0.05, 0.1) is 17.7 Å². The molecular formula is C32H42FN3O4. The average molecular weight is 552 g/mol. The quantitative estimate of drug-likeness (QED) is 0.541. The third-order valence-electron chi connectivity index (χ3n) is 9.84. The number of carbonyl (C=O) groups excluding carboxylic acids is 2. The summed E-state index contributed by atoms with van der Waals surface area (Å²) in [6, 6.07) is 7.40. The minimum absolute atomic E-state index is 0.0246. The highest BCUT2D eigenvalue weighted by Gasteiger charge is 2.55. The second kappa shape index (κ2) is 11.1. The van der Waals surface area contributed by atoms with E-state index in [0.29, 0.717) is 25.4 Å². The molecule has 1 unspecified atom stereocenters. The molecule has 2 aliphatic carbocycles. The molecule has 2 amide bonds. The molecule has 2 saturated carbocycles. The Balaban J connectivity index is 1.45. The van der Waals surface area contributed by atoms with Crippen molar-refractivity contribution >= 4 is 11.8 Å². The van der Waals surface area contributed by atoms with Crippen LogP contribution < -0.4 is 5.56 Å². The number of carbonyl (C=O) groups is 2. The first-order chi connectivity index (χ1) is 19.0. The highest BCUT2D eigenvalue weighted by Crippen LogP contribution is 2.52. The van der Waals surface area contributed by atoms with Crippen molar-refractivity contribution in [2.45, 2.75) is 76.9 Å². The molecule has 0 radical (unpaired) electrons. The van der Waals surface area contributed by atoms with Crippen LogP contribution in [0.3, 0.4) is 0 Å². The molecule has 2 aromatic rings. The summed E-state index contributed by atoms with van der Waals surface area (Å²) in [5.74, 6) is -0.0667. The van der Waals surface area contributed by atoms with Gasteiger partial charge in [-0.1, -0.05) is 57.2 Å². The zero-order valence-electron chi connectivity index (χ0n) is 24.0. The van der Waals surface area contributed by atoms with E-state index in [-0.39, 0.29) is 41.0 Å². The maximum Gasteiger partial charge on any atom is 0.255 e. The zero-order chi connectivity index (χ0) is 28.7. The van der Waals surface area contributed by atoms with Gasteiger partial charge < -0.3 is 19.5 Å². The van der Waals surface area contributed by atoms with Gasteiger partial charge in [-0.25, -0.2) is 4.39 Å². The maximum absolute atomic E-state index is 14.7. The Morgan fingerprint density at radius 2 is 1.80 bits per heavy atom. The number of rotatable bonds is 7. The zero-order valence-corrected chi connectivity index (χ0v) is 24.0. The summed E-state index contributed by atoms with van der Waals surface area (Å²) in [6.45, 7) is 2.99. The van der Waals surface area contributed by atoms with Crippen LogP contribution in [0.15, 0.2) is 41.3 Å². The van der Waals surface area contributed by atoms with Gasteiger partial charge in [0.1, 0.15) is 5.82 Å². The van der Waals surface area contributed by atoms with Crippen LogP contribution in [-0.4, -0.2) is 64.1 Å². The minimum atomic E-state index is -1.21. The number of halogens is 1. The van der Waals surface area contributed by atoms with Crippen molar-refractivity contribution in [3.05, 3.63) is 58.3 Å². The maximum atomic E-state index is 14.7. The molecule has 3 aliphatic rings. The van der Waals surface area contributed by atoms with E-state index < -0.39 is 22.4 Å². The fourth-order valence-corrected chi connectivity index (χ4v) is 7.22. The third-order valence-corrected chi connectivity index (χ3v) is 9.84. The molecule has 216 valence electrons. The molecule has 40 heavy (non-hydrogen) atoms. The van der Waals surface area contributed by atoms with Gasteiger partial charge in [0.2, 0.25) is 5.91 Å². The van der Waals surface area contributed by atoms with Crippen molar-refractivity contribution in [1.29, 1.82) is 0 Å². The van der Waals surface area contributed by atoms with Gasteiger partial charge in [0.25, 0.3) is 11.5 Å². The van der Waals surface area contributed by atoms with Crippen LogP contribution >= 0.6 is 0 Å².